The molecule has 0 aromatic heterocycles. The summed E-state index contributed by atoms with van der Waals surface area (Å²) < 4.78 is 15.1. The van der Waals surface area contributed by atoms with Gasteiger partial charge in [0.1, 0.15) is 11.5 Å². The Kier molecular flexibility index (Phi) is 7.36. The number of carbonyl (C=O) groups excluding carboxylic acids is 2. The molecule has 0 radical (unpaired) electrons. The quantitative estimate of drug-likeness (QED) is 0.404. The number of nitrogens with zero attached hydrogens (tertiary/aromatic N) is 1. The summed E-state index contributed by atoms with van der Waals surface area (Å²) >= 11 is 1.39. The van der Waals surface area contributed by atoms with Gasteiger partial charge in [0.15, 0.2) is 4.75 Å². The lowest BCUT2D eigenvalue weighted by molar-refractivity contribution is -0.144. The number of amides is 1. The van der Waals surface area contributed by atoms with Crippen LogP contribution < -0.4 is 9.47 Å². The molecule has 1 amide bonds. The molecule has 6 nitrogen and oxygen atoms in total. The van der Waals surface area contributed by atoms with Crippen LogP contribution in [0.15, 0.2) is 77.7 Å². The maximum absolute atomic E-state index is 13.6. The molecular weight excluding hydrogens is 462 g/mol. The number of ether oxygens (including phenoxy) is 3. The molecule has 1 aliphatic rings. The molecule has 0 bridgehead atoms. The summed E-state index contributed by atoms with van der Waals surface area (Å²) in [6, 6.07) is 22.6. The summed E-state index contributed by atoms with van der Waals surface area (Å²) in [6.45, 7) is 2.29. The molecule has 3 aromatic carbocycles. The average Bonchev–Trinajstić information content (AvgIpc) is 3.17. The van der Waals surface area contributed by atoms with Gasteiger partial charge in [-0.2, -0.15) is 0 Å². The zero-order chi connectivity index (χ0) is 25.0. The van der Waals surface area contributed by atoms with Crippen molar-refractivity contribution in [3.05, 3.63) is 89.5 Å². The molecule has 0 spiro atoms. The van der Waals surface area contributed by atoms with Crippen LogP contribution in [0.2, 0.25) is 0 Å². The van der Waals surface area contributed by atoms with Crippen LogP contribution in [0.3, 0.4) is 0 Å². The van der Waals surface area contributed by atoms with Crippen LogP contribution in [-0.4, -0.2) is 42.9 Å². The molecule has 35 heavy (non-hydrogen) atoms. The molecule has 2 unspecified atom stereocenters. The first-order valence-electron chi connectivity index (χ1n) is 11.3. The summed E-state index contributed by atoms with van der Waals surface area (Å²) in [5, 5.41) is 0. The van der Waals surface area contributed by atoms with Gasteiger partial charge in [0.2, 0.25) is 5.91 Å². The molecule has 1 fully saturated rings. The van der Waals surface area contributed by atoms with Crippen LogP contribution in [0, 0.1) is 6.92 Å². The first-order chi connectivity index (χ1) is 16.9. The summed E-state index contributed by atoms with van der Waals surface area (Å²) in [5.41, 5.74) is 2.82. The van der Waals surface area contributed by atoms with Gasteiger partial charge in [-0.05, 0) is 36.8 Å². The lowest BCUT2D eigenvalue weighted by Gasteiger charge is -2.35. The number of benzene rings is 3. The van der Waals surface area contributed by atoms with E-state index in [0.29, 0.717) is 11.5 Å². The normalized spacial score (nSPS) is 19.5. The molecule has 182 valence electrons. The van der Waals surface area contributed by atoms with Crippen molar-refractivity contribution in [2.75, 3.05) is 21.3 Å². The number of carbonyl (C=O) groups is 2. The van der Waals surface area contributed by atoms with Gasteiger partial charge in [0.25, 0.3) is 0 Å². The fraction of sp³-hybridized carbons (Fsp3) is 0.286. The van der Waals surface area contributed by atoms with E-state index in [9.17, 15) is 9.59 Å². The van der Waals surface area contributed by atoms with E-state index < -0.39 is 16.8 Å². The van der Waals surface area contributed by atoms with Gasteiger partial charge in [0.05, 0.1) is 33.8 Å². The molecule has 0 saturated carbocycles. The van der Waals surface area contributed by atoms with Crippen molar-refractivity contribution < 1.29 is 23.8 Å². The van der Waals surface area contributed by atoms with E-state index in [4.69, 9.17) is 14.2 Å². The highest BCUT2D eigenvalue weighted by molar-refractivity contribution is 8.01. The standard InChI is InChI=1S/C28H29NO5S/c1-19-10-14-23(15-11-19)35-28(27(31)34-4)17-25(30)29(26(28)20-8-6-5-7-9-20)18-21-12-13-22(32-2)16-24(21)33-3/h5-16,26H,17-18H2,1-4H3. The van der Waals surface area contributed by atoms with Gasteiger partial charge in [-0.3, -0.25) is 9.59 Å². The van der Waals surface area contributed by atoms with E-state index in [1.807, 2.05) is 73.7 Å². The highest BCUT2D eigenvalue weighted by Crippen LogP contribution is 2.53. The predicted octanol–water partition coefficient (Wildman–Crippen LogP) is 5.19. The van der Waals surface area contributed by atoms with Crippen molar-refractivity contribution in [3.8, 4) is 11.5 Å². The van der Waals surface area contributed by atoms with Crippen molar-refractivity contribution in [2.45, 2.75) is 35.6 Å². The summed E-state index contributed by atoms with van der Waals surface area (Å²) in [4.78, 5) is 29.7. The average molecular weight is 492 g/mol. The molecule has 4 rings (SSSR count). The number of esters is 1. The van der Waals surface area contributed by atoms with Gasteiger partial charge < -0.3 is 19.1 Å². The highest BCUT2D eigenvalue weighted by atomic mass is 32.2. The smallest absolute Gasteiger partial charge is 0.325 e. The van der Waals surface area contributed by atoms with Crippen LogP contribution >= 0.6 is 11.8 Å². The van der Waals surface area contributed by atoms with Crippen LogP contribution in [0.25, 0.3) is 0 Å². The Hall–Kier alpha value is -3.45. The minimum absolute atomic E-state index is 0.0241. The SMILES string of the molecule is COC(=O)C1(Sc2ccc(C)cc2)CC(=O)N(Cc2ccc(OC)cc2OC)C1c1ccccc1. The molecule has 1 saturated heterocycles. The van der Waals surface area contributed by atoms with Crippen LogP contribution in [0.1, 0.15) is 29.2 Å². The zero-order valence-electron chi connectivity index (χ0n) is 20.3. The number of aryl methyl sites for hydroxylation is 1. The van der Waals surface area contributed by atoms with Gasteiger partial charge in [0, 0.05) is 23.1 Å². The molecule has 7 heteroatoms. The second-order valence-electron chi connectivity index (χ2n) is 8.49. The zero-order valence-corrected chi connectivity index (χ0v) is 21.1. The van der Waals surface area contributed by atoms with E-state index in [1.165, 1.54) is 18.9 Å². The Bertz CT molecular complexity index is 1200. The number of thioether (sulfide) groups is 1. The summed E-state index contributed by atoms with van der Waals surface area (Å²) in [6.07, 6.45) is 0.0241. The number of methoxy groups -OCH3 is 3. The van der Waals surface area contributed by atoms with E-state index in [0.717, 1.165) is 21.6 Å². The molecule has 1 heterocycles. The van der Waals surface area contributed by atoms with E-state index in [-0.39, 0.29) is 18.9 Å². The largest absolute Gasteiger partial charge is 0.497 e. The fourth-order valence-electron chi connectivity index (χ4n) is 4.56. The molecular formula is C28H29NO5S. The first kappa shape index (κ1) is 24.7. The number of rotatable bonds is 8. The van der Waals surface area contributed by atoms with Gasteiger partial charge in [-0.15, -0.1) is 11.8 Å². The highest BCUT2D eigenvalue weighted by Gasteiger charge is 2.59. The van der Waals surface area contributed by atoms with E-state index in [2.05, 4.69) is 0 Å². The van der Waals surface area contributed by atoms with Crippen LogP contribution in [-0.2, 0) is 20.9 Å². The van der Waals surface area contributed by atoms with Gasteiger partial charge >= 0.3 is 5.97 Å². The van der Waals surface area contributed by atoms with Crippen molar-refractivity contribution in [1.29, 1.82) is 0 Å². The minimum Gasteiger partial charge on any atom is -0.497 e. The lowest BCUT2D eigenvalue weighted by atomic mass is 9.92. The monoisotopic (exact) mass is 491 g/mol. The Morgan fingerprint density at radius 3 is 2.34 bits per heavy atom. The third kappa shape index (κ3) is 4.86. The third-order valence-corrected chi connectivity index (χ3v) is 7.70. The Morgan fingerprint density at radius 1 is 1.00 bits per heavy atom. The van der Waals surface area contributed by atoms with Crippen LogP contribution in [0.4, 0.5) is 0 Å². The number of hydrogen-bond donors (Lipinski definition) is 0. The van der Waals surface area contributed by atoms with E-state index in [1.54, 1.807) is 25.2 Å². The topological polar surface area (TPSA) is 65.1 Å². The third-order valence-electron chi connectivity index (χ3n) is 6.29. The molecule has 3 aromatic rings. The maximum atomic E-state index is 13.6. The number of likely N-dealkylation sites (tertiary alicyclic amines) is 1. The molecule has 0 aliphatic carbocycles. The number of hydrogen-bond acceptors (Lipinski definition) is 6. The first-order valence-corrected chi connectivity index (χ1v) is 12.1. The Balaban J connectivity index is 1.82. The van der Waals surface area contributed by atoms with Gasteiger partial charge in [-0.1, -0.05) is 48.0 Å². The maximum Gasteiger partial charge on any atom is 0.325 e. The Labute approximate surface area is 210 Å². The molecule has 1 aliphatic heterocycles. The summed E-state index contributed by atoms with van der Waals surface area (Å²) in [5.74, 6) is 0.735. The predicted molar refractivity (Wildman–Crippen MR) is 136 cm³/mol. The summed E-state index contributed by atoms with van der Waals surface area (Å²) in [7, 11) is 4.56. The Morgan fingerprint density at radius 2 is 1.71 bits per heavy atom. The van der Waals surface area contributed by atoms with Crippen molar-refractivity contribution >= 4 is 23.6 Å². The van der Waals surface area contributed by atoms with E-state index >= 15 is 0 Å². The second kappa shape index (κ2) is 10.4. The molecule has 0 N–H and O–H groups in total. The van der Waals surface area contributed by atoms with Crippen molar-refractivity contribution in [2.24, 2.45) is 0 Å². The van der Waals surface area contributed by atoms with Crippen molar-refractivity contribution in [1.82, 2.24) is 4.90 Å². The van der Waals surface area contributed by atoms with Crippen molar-refractivity contribution in [3.63, 3.8) is 0 Å². The lowest BCUT2D eigenvalue weighted by Crippen LogP contribution is -2.42. The minimum atomic E-state index is -1.15. The van der Waals surface area contributed by atoms with Gasteiger partial charge in [-0.25, -0.2) is 0 Å². The fourth-order valence-corrected chi connectivity index (χ4v) is 5.99. The second-order valence-corrected chi connectivity index (χ2v) is 9.89. The molecule has 2 atom stereocenters. The van der Waals surface area contributed by atoms with Crippen LogP contribution in [0.5, 0.6) is 11.5 Å².